The Morgan fingerprint density at radius 1 is 0.778 bits per heavy atom. The topological polar surface area (TPSA) is 111 Å². The van der Waals surface area contributed by atoms with E-state index in [2.05, 4.69) is 9.44 Å². The summed E-state index contributed by atoms with van der Waals surface area (Å²) in [6.45, 7) is 0.471. The van der Waals surface area contributed by atoms with Gasteiger partial charge in [0.1, 0.15) is 5.75 Å². The standard InChI is InChI=1S/C17H22N2O6S2/c1-24-12-11-18-26(20,21)16-7-3-14(4-8-16)13-19-27(22,23)17-9-5-15(25-2)6-10-17/h3-10,18-19H,11-13H2,1-2H3. The fourth-order valence-corrected chi connectivity index (χ4v) is 4.20. The van der Waals surface area contributed by atoms with Gasteiger partial charge in [-0.15, -0.1) is 0 Å². The molecule has 0 aromatic heterocycles. The molecule has 0 saturated heterocycles. The molecule has 8 nitrogen and oxygen atoms in total. The van der Waals surface area contributed by atoms with Crippen LogP contribution in [0.1, 0.15) is 5.56 Å². The monoisotopic (exact) mass is 414 g/mol. The van der Waals surface area contributed by atoms with Gasteiger partial charge in [-0.3, -0.25) is 0 Å². The van der Waals surface area contributed by atoms with E-state index >= 15 is 0 Å². The van der Waals surface area contributed by atoms with Crippen LogP contribution in [0.4, 0.5) is 0 Å². The average Bonchev–Trinajstić information content (AvgIpc) is 2.67. The third-order valence-corrected chi connectivity index (χ3v) is 6.56. The summed E-state index contributed by atoms with van der Waals surface area (Å²) in [4.78, 5) is 0.213. The number of sulfonamides is 2. The zero-order valence-corrected chi connectivity index (χ0v) is 16.6. The maximum Gasteiger partial charge on any atom is 0.240 e. The van der Waals surface area contributed by atoms with Gasteiger partial charge in [-0.25, -0.2) is 26.3 Å². The van der Waals surface area contributed by atoms with Crippen LogP contribution in [0.25, 0.3) is 0 Å². The smallest absolute Gasteiger partial charge is 0.240 e. The largest absolute Gasteiger partial charge is 0.497 e. The second kappa shape index (κ2) is 9.29. The van der Waals surface area contributed by atoms with E-state index in [4.69, 9.17) is 9.47 Å². The van der Waals surface area contributed by atoms with Gasteiger partial charge < -0.3 is 9.47 Å². The molecule has 0 amide bonds. The summed E-state index contributed by atoms with van der Waals surface area (Å²) in [5.74, 6) is 0.560. The van der Waals surface area contributed by atoms with Gasteiger partial charge in [-0.2, -0.15) is 0 Å². The van der Waals surface area contributed by atoms with Gasteiger partial charge in [0.05, 0.1) is 23.5 Å². The normalized spacial score (nSPS) is 12.1. The number of methoxy groups -OCH3 is 2. The van der Waals surface area contributed by atoms with E-state index < -0.39 is 20.0 Å². The van der Waals surface area contributed by atoms with Crippen molar-refractivity contribution in [2.75, 3.05) is 27.4 Å². The molecule has 0 aliphatic carbocycles. The minimum atomic E-state index is -3.69. The Kier molecular flexibility index (Phi) is 7.33. The van der Waals surface area contributed by atoms with Crippen LogP contribution in [-0.4, -0.2) is 44.2 Å². The van der Waals surface area contributed by atoms with E-state index in [0.29, 0.717) is 11.3 Å². The molecular formula is C17H22N2O6S2. The van der Waals surface area contributed by atoms with Crippen LogP contribution in [0.5, 0.6) is 5.75 Å². The van der Waals surface area contributed by atoms with Crippen molar-refractivity contribution >= 4 is 20.0 Å². The summed E-state index contributed by atoms with van der Waals surface area (Å²) in [6.07, 6.45) is 0. The summed E-state index contributed by atoms with van der Waals surface area (Å²) in [5.41, 5.74) is 0.628. The van der Waals surface area contributed by atoms with E-state index in [1.165, 1.54) is 38.5 Å². The number of hydrogen-bond donors (Lipinski definition) is 2. The van der Waals surface area contributed by atoms with Crippen LogP contribution >= 0.6 is 0 Å². The van der Waals surface area contributed by atoms with E-state index in [1.54, 1.807) is 24.3 Å². The Hall–Kier alpha value is -1.98. The summed E-state index contributed by atoms with van der Waals surface area (Å²) in [6, 6.07) is 12.0. The molecule has 148 valence electrons. The molecule has 0 aliphatic rings. The lowest BCUT2D eigenvalue weighted by atomic mass is 10.2. The van der Waals surface area contributed by atoms with Crippen molar-refractivity contribution in [3.05, 3.63) is 54.1 Å². The number of benzene rings is 2. The zero-order valence-electron chi connectivity index (χ0n) is 15.0. The van der Waals surface area contributed by atoms with Gasteiger partial charge in [0.2, 0.25) is 20.0 Å². The van der Waals surface area contributed by atoms with Gasteiger partial charge in [0, 0.05) is 20.2 Å². The third-order valence-electron chi connectivity index (χ3n) is 3.67. The average molecular weight is 415 g/mol. The molecular weight excluding hydrogens is 392 g/mol. The highest BCUT2D eigenvalue weighted by Crippen LogP contribution is 2.16. The van der Waals surface area contributed by atoms with E-state index in [0.717, 1.165) is 0 Å². The Bertz CT molecular complexity index is 940. The predicted octanol–water partition coefficient (Wildman–Crippen LogP) is 1.10. The summed E-state index contributed by atoms with van der Waals surface area (Å²) < 4.78 is 63.5. The molecule has 2 aromatic rings. The summed E-state index contributed by atoms with van der Waals surface area (Å²) in [7, 11) is -4.33. The first-order chi connectivity index (χ1) is 12.8. The molecule has 10 heteroatoms. The fraction of sp³-hybridized carbons (Fsp3) is 0.294. The van der Waals surface area contributed by atoms with Crippen LogP contribution in [0.15, 0.2) is 58.3 Å². The number of rotatable bonds is 10. The molecule has 2 N–H and O–H groups in total. The molecule has 0 bridgehead atoms. The summed E-state index contributed by atoms with van der Waals surface area (Å²) in [5, 5.41) is 0. The van der Waals surface area contributed by atoms with Crippen molar-refractivity contribution in [3.63, 3.8) is 0 Å². The Balaban J connectivity index is 2.01. The van der Waals surface area contributed by atoms with Gasteiger partial charge >= 0.3 is 0 Å². The number of hydrogen-bond acceptors (Lipinski definition) is 6. The molecule has 0 aliphatic heterocycles. The third kappa shape index (κ3) is 6.01. The first-order valence-electron chi connectivity index (χ1n) is 8.00. The van der Waals surface area contributed by atoms with Crippen molar-refractivity contribution in [2.24, 2.45) is 0 Å². The lowest BCUT2D eigenvalue weighted by Gasteiger charge is -2.09. The van der Waals surface area contributed by atoms with Crippen molar-refractivity contribution in [1.29, 1.82) is 0 Å². The molecule has 2 aromatic carbocycles. The van der Waals surface area contributed by atoms with Crippen LogP contribution in [0.2, 0.25) is 0 Å². The lowest BCUT2D eigenvalue weighted by Crippen LogP contribution is -2.27. The minimum absolute atomic E-state index is 0.0335. The van der Waals surface area contributed by atoms with Gasteiger partial charge in [0.25, 0.3) is 0 Å². The maximum atomic E-state index is 12.3. The molecule has 27 heavy (non-hydrogen) atoms. The molecule has 2 rings (SSSR count). The predicted molar refractivity (Wildman–Crippen MR) is 101 cm³/mol. The molecule has 0 spiro atoms. The number of nitrogens with one attached hydrogen (secondary N) is 2. The van der Waals surface area contributed by atoms with Crippen molar-refractivity contribution in [1.82, 2.24) is 9.44 Å². The van der Waals surface area contributed by atoms with Gasteiger partial charge in [0.15, 0.2) is 0 Å². The van der Waals surface area contributed by atoms with Gasteiger partial charge in [-0.1, -0.05) is 12.1 Å². The minimum Gasteiger partial charge on any atom is -0.497 e. The second-order valence-electron chi connectivity index (χ2n) is 5.53. The van der Waals surface area contributed by atoms with E-state index in [1.807, 2.05) is 0 Å². The molecule has 0 saturated carbocycles. The molecule has 0 radical (unpaired) electrons. The molecule has 0 unspecified atom stereocenters. The molecule has 0 atom stereocenters. The molecule has 0 fully saturated rings. The van der Waals surface area contributed by atoms with Crippen LogP contribution in [0, 0.1) is 0 Å². The van der Waals surface area contributed by atoms with Crippen LogP contribution in [-0.2, 0) is 31.3 Å². The maximum absolute atomic E-state index is 12.3. The Morgan fingerprint density at radius 3 is 1.81 bits per heavy atom. The first kappa shape index (κ1) is 21.3. The van der Waals surface area contributed by atoms with Gasteiger partial charge in [-0.05, 0) is 42.0 Å². The Morgan fingerprint density at radius 2 is 1.30 bits per heavy atom. The highest BCUT2D eigenvalue weighted by Gasteiger charge is 2.15. The lowest BCUT2D eigenvalue weighted by molar-refractivity contribution is 0.204. The fourth-order valence-electron chi connectivity index (χ4n) is 2.16. The Labute approximate surface area is 159 Å². The summed E-state index contributed by atoms with van der Waals surface area (Å²) >= 11 is 0. The van der Waals surface area contributed by atoms with Crippen LogP contribution in [0.3, 0.4) is 0 Å². The number of ether oxygens (including phenoxy) is 2. The van der Waals surface area contributed by atoms with E-state index in [-0.39, 0.29) is 29.5 Å². The first-order valence-corrected chi connectivity index (χ1v) is 11.0. The molecule has 0 heterocycles. The van der Waals surface area contributed by atoms with Crippen LogP contribution < -0.4 is 14.2 Å². The van der Waals surface area contributed by atoms with Crippen molar-refractivity contribution in [3.8, 4) is 5.75 Å². The highest BCUT2D eigenvalue weighted by atomic mass is 32.2. The quantitative estimate of drug-likeness (QED) is 0.563. The zero-order chi connectivity index (χ0) is 19.9. The van der Waals surface area contributed by atoms with E-state index in [9.17, 15) is 16.8 Å². The van der Waals surface area contributed by atoms with Crippen molar-refractivity contribution in [2.45, 2.75) is 16.3 Å². The second-order valence-corrected chi connectivity index (χ2v) is 9.07. The highest BCUT2D eigenvalue weighted by molar-refractivity contribution is 7.89. The SMILES string of the molecule is COCCNS(=O)(=O)c1ccc(CNS(=O)(=O)c2ccc(OC)cc2)cc1. The van der Waals surface area contributed by atoms with Crippen molar-refractivity contribution < 1.29 is 26.3 Å².